The number of hydrogen-bond donors (Lipinski definition) is 1. The number of nitrogens with one attached hydrogen (secondary N) is 1. The summed E-state index contributed by atoms with van der Waals surface area (Å²) in [5.41, 5.74) is 0.206. The van der Waals surface area contributed by atoms with Crippen molar-refractivity contribution in [3.8, 4) is 23.4 Å². The van der Waals surface area contributed by atoms with Gasteiger partial charge in [0.25, 0.3) is 0 Å². The minimum absolute atomic E-state index is 0.00516. The van der Waals surface area contributed by atoms with Crippen LogP contribution in [0.1, 0.15) is 62.9 Å². The van der Waals surface area contributed by atoms with Crippen molar-refractivity contribution in [1.82, 2.24) is 20.2 Å². The molecular weight excluding hydrogens is 546 g/mol. The smallest absolute Gasteiger partial charge is 0.180 e. The lowest BCUT2D eigenvalue weighted by Crippen LogP contribution is -2.48. The minimum atomic E-state index is -3.36. The number of azo groups is 1. The number of H-pyrrole nitrogens is 1. The third-order valence-corrected chi connectivity index (χ3v) is 11.4. The van der Waals surface area contributed by atoms with Crippen molar-refractivity contribution in [2.24, 2.45) is 27.5 Å². The molecule has 4 bridgehead atoms. The molecule has 6 rings (SSSR count). The summed E-state index contributed by atoms with van der Waals surface area (Å²) >= 11 is 0. The van der Waals surface area contributed by atoms with Crippen LogP contribution in [0.2, 0.25) is 0 Å². The van der Waals surface area contributed by atoms with E-state index < -0.39 is 38.2 Å². The summed E-state index contributed by atoms with van der Waals surface area (Å²) in [6.07, 6.45) is 3.33. The molecule has 1 saturated carbocycles. The van der Waals surface area contributed by atoms with Crippen LogP contribution in [0, 0.1) is 40.7 Å². The number of nitrogens with zero attached hydrogens (tertiary/aromatic N) is 5. The number of fused-ring (bicyclic) bond motifs is 6. The summed E-state index contributed by atoms with van der Waals surface area (Å²) in [6.45, 7) is 7.53. The Morgan fingerprint density at radius 1 is 1.10 bits per heavy atom. The third kappa shape index (κ3) is 4.14. The number of aromatic amines is 1. The zero-order valence-corrected chi connectivity index (χ0v) is 24.0. The van der Waals surface area contributed by atoms with E-state index in [1.54, 1.807) is 26.0 Å². The zero-order chi connectivity index (χ0) is 29.2. The molecule has 0 amide bonds. The van der Waals surface area contributed by atoms with Crippen LogP contribution in [0.4, 0.5) is 8.78 Å². The van der Waals surface area contributed by atoms with Gasteiger partial charge in [0.1, 0.15) is 34.4 Å². The SMILES string of the molecule is CCS(=O)(=O)[C@@H](C)c1nnc(-c2cccc([C@@]34CC[C@@H](C5C#CC3/N=N\C(c3c(F)cccc3F)=C/5)C4(C)C)n2)[nH]1. The van der Waals surface area contributed by atoms with Crippen LogP contribution in [-0.2, 0) is 15.3 Å². The van der Waals surface area contributed by atoms with Crippen LogP contribution in [-0.4, -0.2) is 40.4 Å². The molecule has 2 aromatic heterocycles. The summed E-state index contributed by atoms with van der Waals surface area (Å²) < 4.78 is 54.3. The van der Waals surface area contributed by atoms with E-state index in [4.69, 9.17) is 4.98 Å². The van der Waals surface area contributed by atoms with Crippen molar-refractivity contribution < 1.29 is 17.2 Å². The van der Waals surface area contributed by atoms with Gasteiger partial charge < -0.3 is 4.98 Å². The van der Waals surface area contributed by atoms with Crippen molar-refractivity contribution in [3.05, 3.63) is 71.2 Å². The second-order valence-electron chi connectivity index (χ2n) is 11.5. The normalized spacial score (nSPS) is 28.9. The number of benzene rings is 1. The number of hydrogen-bond acceptors (Lipinski definition) is 7. The summed E-state index contributed by atoms with van der Waals surface area (Å²) in [6, 6.07) is 8.77. The van der Waals surface area contributed by atoms with Crippen molar-refractivity contribution in [1.29, 1.82) is 0 Å². The highest BCUT2D eigenvalue weighted by Gasteiger charge is 2.62. The van der Waals surface area contributed by atoms with Gasteiger partial charge in [-0.1, -0.05) is 44.7 Å². The first-order chi connectivity index (χ1) is 19.5. The first kappa shape index (κ1) is 27.4. The Bertz CT molecular complexity index is 1750. The van der Waals surface area contributed by atoms with Crippen molar-refractivity contribution in [2.75, 3.05) is 5.75 Å². The number of sulfone groups is 1. The molecule has 1 aromatic carbocycles. The maximum absolute atomic E-state index is 14.8. The fourth-order valence-corrected chi connectivity index (χ4v) is 7.75. The highest BCUT2D eigenvalue weighted by Crippen LogP contribution is 2.63. The second kappa shape index (κ2) is 9.65. The molecular formula is C30H30F2N6O2S. The van der Waals surface area contributed by atoms with Crippen molar-refractivity contribution in [3.63, 3.8) is 0 Å². The average Bonchev–Trinajstić information content (AvgIpc) is 3.51. The van der Waals surface area contributed by atoms with Gasteiger partial charge in [-0.25, -0.2) is 22.2 Å². The van der Waals surface area contributed by atoms with Gasteiger partial charge >= 0.3 is 0 Å². The topological polar surface area (TPSA) is 113 Å². The Labute approximate surface area is 237 Å². The van der Waals surface area contributed by atoms with Gasteiger partial charge in [-0.3, -0.25) is 0 Å². The predicted octanol–water partition coefficient (Wildman–Crippen LogP) is 5.82. The Kier molecular flexibility index (Phi) is 6.45. The minimum Gasteiger partial charge on any atom is -0.323 e. The van der Waals surface area contributed by atoms with E-state index in [1.165, 1.54) is 18.2 Å². The maximum Gasteiger partial charge on any atom is 0.180 e. The first-order valence-electron chi connectivity index (χ1n) is 13.7. The highest BCUT2D eigenvalue weighted by atomic mass is 32.2. The van der Waals surface area contributed by atoms with Gasteiger partial charge in [0.2, 0.25) is 0 Å². The average molecular weight is 577 g/mol. The molecule has 0 spiro atoms. The van der Waals surface area contributed by atoms with Crippen LogP contribution in [0.25, 0.3) is 17.2 Å². The molecule has 2 unspecified atom stereocenters. The molecule has 212 valence electrons. The lowest BCUT2D eigenvalue weighted by atomic mass is 9.58. The van der Waals surface area contributed by atoms with Gasteiger partial charge in [0, 0.05) is 11.7 Å². The van der Waals surface area contributed by atoms with E-state index in [2.05, 4.69) is 51.1 Å². The maximum atomic E-state index is 14.8. The summed E-state index contributed by atoms with van der Waals surface area (Å²) in [4.78, 5) is 8.07. The van der Waals surface area contributed by atoms with Gasteiger partial charge in [-0.15, -0.1) is 10.2 Å². The lowest BCUT2D eigenvalue weighted by molar-refractivity contribution is 0.122. The van der Waals surface area contributed by atoms with Gasteiger partial charge in [0.05, 0.1) is 22.4 Å². The van der Waals surface area contributed by atoms with Crippen molar-refractivity contribution in [2.45, 2.75) is 57.2 Å². The number of aromatic nitrogens is 4. The van der Waals surface area contributed by atoms with E-state index in [0.29, 0.717) is 11.5 Å². The lowest BCUT2D eigenvalue weighted by Gasteiger charge is -2.45. The summed E-state index contributed by atoms with van der Waals surface area (Å²) in [5, 5.41) is 16.5. The highest BCUT2D eigenvalue weighted by molar-refractivity contribution is 7.91. The first-order valence-corrected chi connectivity index (χ1v) is 15.4. The van der Waals surface area contributed by atoms with Crippen LogP contribution in [0.3, 0.4) is 0 Å². The van der Waals surface area contributed by atoms with E-state index in [9.17, 15) is 17.2 Å². The standard InChI is InChI=1S/C30H30F2N6O2S/c1-5-41(39,40)17(2)27-34-28(38-37-27)22-10-7-11-24(33-22)30-15-14-19(29(30,3)4)18-12-13-25(30)36-35-23(16-18)26-20(31)8-6-9-21(26)32/h6-11,16-19,25H,5,14-15H2,1-4H3,(H,34,37,38)/b23-16-,36-35-/t17-,18?,19-,25?,30-/m0/s1. The van der Waals surface area contributed by atoms with Crippen molar-refractivity contribution >= 4 is 15.5 Å². The molecule has 3 aliphatic rings. The summed E-state index contributed by atoms with van der Waals surface area (Å²) in [5.74, 6) is 5.70. The molecule has 2 aliphatic carbocycles. The number of allylic oxidation sites excluding steroid dienone is 1. The molecule has 11 heteroatoms. The fraction of sp³-hybridized carbons (Fsp3) is 0.433. The Hall–Kier alpha value is -3.78. The van der Waals surface area contributed by atoms with E-state index in [0.717, 1.165) is 18.5 Å². The van der Waals surface area contributed by atoms with E-state index in [1.807, 2.05) is 12.1 Å². The van der Waals surface area contributed by atoms with Crippen LogP contribution in [0.15, 0.2) is 52.7 Å². The van der Waals surface area contributed by atoms with Crippen LogP contribution in [0.5, 0.6) is 0 Å². The van der Waals surface area contributed by atoms with Gasteiger partial charge in [-0.2, -0.15) is 10.2 Å². The molecule has 41 heavy (non-hydrogen) atoms. The Morgan fingerprint density at radius 2 is 1.83 bits per heavy atom. The Balaban J connectivity index is 1.44. The predicted molar refractivity (Wildman–Crippen MR) is 150 cm³/mol. The third-order valence-electron chi connectivity index (χ3n) is 9.33. The molecule has 1 N–H and O–H groups in total. The van der Waals surface area contributed by atoms with Crippen LogP contribution < -0.4 is 0 Å². The number of halogens is 2. The Morgan fingerprint density at radius 3 is 2.56 bits per heavy atom. The zero-order valence-electron chi connectivity index (χ0n) is 23.2. The summed E-state index contributed by atoms with van der Waals surface area (Å²) in [7, 11) is -3.36. The number of pyridine rings is 1. The second-order valence-corrected chi connectivity index (χ2v) is 14.1. The molecule has 5 atom stereocenters. The quantitative estimate of drug-likeness (QED) is 0.372. The largest absolute Gasteiger partial charge is 0.323 e. The van der Waals surface area contributed by atoms with Gasteiger partial charge in [0.15, 0.2) is 15.7 Å². The monoisotopic (exact) mass is 576 g/mol. The van der Waals surface area contributed by atoms with E-state index >= 15 is 0 Å². The molecule has 3 heterocycles. The molecule has 1 fully saturated rings. The van der Waals surface area contributed by atoms with Crippen LogP contribution >= 0.6 is 0 Å². The molecule has 0 saturated heterocycles. The van der Waals surface area contributed by atoms with E-state index in [-0.39, 0.29) is 40.1 Å². The van der Waals surface area contributed by atoms with Gasteiger partial charge in [-0.05, 0) is 61.4 Å². The number of rotatable bonds is 6. The molecule has 3 aromatic rings. The molecule has 1 aliphatic heterocycles. The fourth-order valence-electron chi connectivity index (χ4n) is 6.80. The molecule has 8 nitrogen and oxygen atoms in total. The molecule has 0 radical (unpaired) electrons.